The molecule has 0 fully saturated rings. The first-order valence-corrected chi connectivity index (χ1v) is 8.12. The van der Waals surface area contributed by atoms with Crippen LogP contribution >= 0.6 is 22.9 Å². The molecule has 0 aromatic carbocycles. The Morgan fingerprint density at radius 1 is 1.25 bits per heavy atom. The topological polar surface area (TPSA) is 32.3 Å². The van der Waals surface area contributed by atoms with Crippen molar-refractivity contribution in [3.05, 3.63) is 22.4 Å². The largest absolute Gasteiger partial charge is 0.309 e. The van der Waals surface area contributed by atoms with Crippen LogP contribution in [-0.2, 0) is 6.54 Å². The second-order valence-corrected chi connectivity index (χ2v) is 6.35. The monoisotopic (exact) mass is 312 g/mol. The van der Waals surface area contributed by atoms with E-state index in [0.717, 1.165) is 48.6 Å². The van der Waals surface area contributed by atoms with Gasteiger partial charge < -0.3 is 4.90 Å². The van der Waals surface area contributed by atoms with Gasteiger partial charge in [0.1, 0.15) is 15.8 Å². The molecule has 0 bridgehead atoms. The number of rotatable bonds is 7. The van der Waals surface area contributed by atoms with Gasteiger partial charge in [-0.2, -0.15) is 0 Å². The molecule has 2 aromatic heterocycles. The summed E-state index contributed by atoms with van der Waals surface area (Å²) in [6.07, 6.45) is 1.15. The van der Waals surface area contributed by atoms with Gasteiger partial charge in [-0.05, 0) is 51.6 Å². The summed E-state index contributed by atoms with van der Waals surface area (Å²) in [4.78, 5) is 14.6. The lowest BCUT2D eigenvalue weighted by atomic mass is 10.3. The Morgan fingerprint density at radius 2 is 2.05 bits per heavy atom. The van der Waals surface area contributed by atoms with Crippen molar-refractivity contribution in [3.8, 4) is 0 Å². The number of aromatic nitrogens is 2. The number of hydrogen-bond donors (Lipinski definition) is 0. The van der Waals surface area contributed by atoms with Gasteiger partial charge in [0.05, 0.1) is 6.54 Å². The first-order valence-electron chi connectivity index (χ1n) is 6.87. The Hall–Kier alpha value is -0.750. The lowest BCUT2D eigenvalue weighted by Gasteiger charge is -2.20. The fourth-order valence-corrected chi connectivity index (χ4v) is 3.18. The van der Waals surface area contributed by atoms with Crippen LogP contribution in [0.2, 0.25) is 5.15 Å². The number of fused-ring (bicyclic) bond motifs is 1. The average Bonchev–Trinajstić information content (AvgIpc) is 2.86. The highest BCUT2D eigenvalue weighted by molar-refractivity contribution is 7.16. The Balaban J connectivity index is 2.01. The quantitative estimate of drug-likeness (QED) is 0.735. The van der Waals surface area contributed by atoms with Crippen molar-refractivity contribution < 1.29 is 0 Å². The number of thiophene rings is 1. The molecule has 0 aliphatic carbocycles. The Bertz CT molecular complexity index is 555. The first-order chi connectivity index (χ1) is 9.60. The van der Waals surface area contributed by atoms with Gasteiger partial charge in [-0.15, -0.1) is 11.3 Å². The normalized spacial score (nSPS) is 11.9. The van der Waals surface area contributed by atoms with Crippen LogP contribution in [0.1, 0.15) is 19.2 Å². The Kier molecular flexibility index (Phi) is 5.72. The molecular formula is C14H21ClN4S. The van der Waals surface area contributed by atoms with Crippen molar-refractivity contribution in [3.63, 3.8) is 0 Å². The van der Waals surface area contributed by atoms with Crippen molar-refractivity contribution >= 4 is 33.2 Å². The highest BCUT2D eigenvalue weighted by Crippen LogP contribution is 2.25. The van der Waals surface area contributed by atoms with Crippen LogP contribution in [0, 0.1) is 0 Å². The lowest BCUT2D eigenvalue weighted by molar-refractivity contribution is 0.254. The fourth-order valence-electron chi connectivity index (χ4n) is 2.09. The van der Waals surface area contributed by atoms with Gasteiger partial charge in [-0.1, -0.05) is 18.5 Å². The summed E-state index contributed by atoms with van der Waals surface area (Å²) in [6.45, 7) is 6.08. The van der Waals surface area contributed by atoms with Crippen LogP contribution in [0.5, 0.6) is 0 Å². The minimum atomic E-state index is 0.565. The molecule has 2 rings (SSSR count). The molecule has 20 heavy (non-hydrogen) atoms. The van der Waals surface area contributed by atoms with E-state index in [9.17, 15) is 0 Å². The summed E-state index contributed by atoms with van der Waals surface area (Å²) >= 11 is 7.82. The molecule has 0 spiro atoms. The maximum absolute atomic E-state index is 6.21. The van der Waals surface area contributed by atoms with E-state index in [1.54, 1.807) is 11.3 Å². The van der Waals surface area contributed by atoms with Crippen LogP contribution in [0.15, 0.2) is 11.4 Å². The summed E-state index contributed by atoms with van der Waals surface area (Å²) in [5.41, 5.74) is 0. The molecule has 0 unspecified atom stereocenters. The van der Waals surface area contributed by atoms with Crippen LogP contribution in [0.4, 0.5) is 0 Å². The number of hydrogen-bond acceptors (Lipinski definition) is 5. The predicted octanol–water partition coefficient (Wildman–Crippen LogP) is 3.12. The maximum atomic E-state index is 6.21. The average molecular weight is 313 g/mol. The van der Waals surface area contributed by atoms with E-state index in [4.69, 9.17) is 11.6 Å². The molecule has 0 radical (unpaired) electrons. The molecule has 110 valence electrons. The molecule has 0 aliphatic heterocycles. The molecule has 6 heteroatoms. The SMILES string of the molecule is CCN(CCCN(C)C)Cc1nc(Cl)c2ccsc2n1. The molecule has 0 atom stereocenters. The van der Waals surface area contributed by atoms with Crippen molar-refractivity contribution in [2.45, 2.75) is 19.9 Å². The third-order valence-electron chi connectivity index (χ3n) is 3.22. The van der Waals surface area contributed by atoms with E-state index in [0.29, 0.717) is 5.15 Å². The zero-order chi connectivity index (χ0) is 14.5. The van der Waals surface area contributed by atoms with Crippen molar-refractivity contribution in [1.82, 2.24) is 19.8 Å². The third-order valence-corrected chi connectivity index (χ3v) is 4.31. The summed E-state index contributed by atoms with van der Waals surface area (Å²) < 4.78 is 0. The zero-order valence-corrected chi connectivity index (χ0v) is 13.8. The van der Waals surface area contributed by atoms with E-state index in [1.807, 2.05) is 11.4 Å². The standard InChI is InChI=1S/C14H21ClN4S/c1-4-19(8-5-7-18(2)3)10-12-16-13(15)11-6-9-20-14(11)17-12/h6,9H,4-5,7-8,10H2,1-3H3. The Labute approximate surface area is 129 Å². The number of nitrogens with zero attached hydrogens (tertiary/aromatic N) is 4. The third kappa shape index (κ3) is 4.12. The summed E-state index contributed by atoms with van der Waals surface area (Å²) in [5.74, 6) is 0.816. The molecule has 0 N–H and O–H groups in total. The van der Waals surface area contributed by atoms with Gasteiger partial charge in [0.2, 0.25) is 0 Å². The van der Waals surface area contributed by atoms with Crippen LogP contribution in [0.3, 0.4) is 0 Å². The second kappa shape index (κ2) is 7.31. The van der Waals surface area contributed by atoms with Gasteiger partial charge in [0.25, 0.3) is 0 Å². The minimum absolute atomic E-state index is 0.565. The second-order valence-electron chi connectivity index (χ2n) is 5.10. The molecular weight excluding hydrogens is 292 g/mol. The molecule has 0 amide bonds. The first kappa shape index (κ1) is 15.6. The van der Waals surface area contributed by atoms with Crippen LogP contribution < -0.4 is 0 Å². The van der Waals surface area contributed by atoms with Crippen LogP contribution in [-0.4, -0.2) is 53.5 Å². The highest BCUT2D eigenvalue weighted by atomic mass is 35.5. The molecule has 0 saturated heterocycles. The molecule has 2 aromatic rings. The summed E-state index contributed by atoms with van der Waals surface area (Å²) in [7, 11) is 4.20. The van der Waals surface area contributed by atoms with Gasteiger partial charge in [-0.3, -0.25) is 4.90 Å². The molecule has 0 saturated carbocycles. The predicted molar refractivity (Wildman–Crippen MR) is 86.5 cm³/mol. The lowest BCUT2D eigenvalue weighted by Crippen LogP contribution is -2.27. The van der Waals surface area contributed by atoms with E-state index >= 15 is 0 Å². The van der Waals surface area contributed by atoms with E-state index in [1.165, 1.54) is 0 Å². The Morgan fingerprint density at radius 3 is 2.75 bits per heavy atom. The maximum Gasteiger partial charge on any atom is 0.145 e. The van der Waals surface area contributed by atoms with Gasteiger partial charge in [0, 0.05) is 5.39 Å². The molecule has 4 nitrogen and oxygen atoms in total. The van der Waals surface area contributed by atoms with E-state index < -0.39 is 0 Å². The highest BCUT2D eigenvalue weighted by Gasteiger charge is 2.10. The summed E-state index contributed by atoms with van der Waals surface area (Å²) in [5, 5.41) is 3.52. The number of halogens is 1. The van der Waals surface area contributed by atoms with Gasteiger partial charge >= 0.3 is 0 Å². The zero-order valence-electron chi connectivity index (χ0n) is 12.3. The van der Waals surface area contributed by atoms with E-state index in [2.05, 4.69) is 40.8 Å². The van der Waals surface area contributed by atoms with Crippen molar-refractivity contribution in [2.24, 2.45) is 0 Å². The fraction of sp³-hybridized carbons (Fsp3) is 0.571. The van der Waals surface area contributed by atoms with Gasteiger partial charge in [-0.25, -0.2) is 9.97 Å². The minimum Gasteiger partial charge on any atom is -0.309 e. The molecule has 2 heterocycles. The van der Waals surface area contributed by atoms with Crippen LogP contribution in [0.25, 0.3) is 10.2 Å². The molecule has 0 aliphatic rings. The van der Waals surface area contributed by atoms with Crippen molar-refractivity contribution in [1.29, 1.82) is 0 Å². The van der Waals surface area contributed by atoms with Crippen molar-refractivity contribution in [2.75, 3.05) is 33.7 Å². The smallest absolute Gasteiger partial charge is 0.145 e. The van der Waals surface area contributed by atoms with Gasteiger partial charge in [0.15, 0.2) is 0 Å². The van der Waals surface area contributed by atoms with E-state index in [-0.39, 0.29) is 0 Å². The summed E-state index contributed by atoms with van der Waals surface area (Å²) in [6, 6.07) is 1.97.